The van der Waals surface area contributed by atoms with Crippen molar-refractivity contribution >= 4 is 27.6 Å². The van der Waals surface area contributed by atoms with Crippen LogP contribution in [0.4, 0.5) is 24.8 Å². The number of halogens is 3. The summed E-state index contributed by atoms with van der Waals surface area (Å²) in [5.74, 6) is 0.196. The maximum Gasteiger partial charge on any atom is 0.416 e. The van der Waals surface area contributed by atoms with Gasteiger partial charge in [0.2, 0.25) is 5.91 Å². The molecule has 2 heterocycles. The van der Waals surface area contributed by atoms with Gasteiger partial charge < -0.3 is 9.80 Å². The number of sulfonamides is 1. The second-order valence-corrected chi connectivity index (χ2v) is 8.03. The van der Waals surface area contributed by atoms with Crippen LogP contribution in [0, 0.1) is 0 Å². The van der Waals surface area contributed by atoms with Crippen LogP contribution in [0.5, 0.6) is 0 Å². The van der Waals surface area contributed by atoms with Crippen LogP contribution in [-0.4, -0.2) is 55.4 Å². The fourth-order valence-electron chi connectivity index (χ4n) is 2.88. The third-order valence-corrected chi connectivity index (χ3v) is 5.78. The summed E-state index contributed by atoms with van der Waals surface area (Å²) < 4.78 is 65.6. The number of carbonyl (C=O) groups excluding carboxylic acids is 1. The quantitative estimate of drug-likeness (QED) is 0.799. The standard InChI is InChI=1S/C17H18F3N5O3S/c1-12(26)24-8-10-25(11-9-24)16-15(21-6-7-22-16)23-29(27,28)14-4-2-13(3-5-14)17(18,19)20/h2-7H,8-11H2,1H3,(H,21,23). The smallest absolute Gasteiger partial charge is 0.350 e. The van der Waals surface area contributed by atoms with Gasteiger partial charge in [-0.2, -0.15) is 13.2 Å². The van der Waals surface area contributed by atoms with E-state index in [4.69, 9.17) is 0 Å². The van der Waals surface area contributed by atoms with E-state index in [1.165, 1.54) is 19.3 Å². The number of hydrogen-bond acceptors (Lipinski definition) is 6. The van der Waals surface area contributed by atoms with Gasteiger partial charge in [-0.15, -0.1) is 0 Å². The molecule has 3 rings (SSSR count). The number of amides is 1. The number of carbonyl (C=O) groups is 1. The Labute approximate surface area is 165 Å². The van der Waals surface area contributed by atoms with Gasteiger partial charge in [0.1, 0.15) is 0 Å². The first-order valence-electron chi connectivity index (χ1n) is 8.59. The van der Waals surface area contributed by atoms with Gasteiger partial charge in [-0.3, -0.25) is 9.52 Å². The highest BCUT2D eigenvalue weighted by Crippen LogP contribution is 2.30. The summed E-state index contributed by atoms with van der Waals surface area (Å²) in [6.07, 6.45) is -1.85. The summed E-state index contributed by atoms with van der Waals surface area (Å²) in [6.45, 7) is 3.26. The Hall–Kier alpha value is -2.89. The molecular weight excluding hydrogens is 411 g/mol. The van der Waals surface area contributed by atoms with Crippen LogP contribution < -0.4 is 9.62 Å². The first-order valence-corrected chi connectivity index (χ1v) is 10.1. The number of benzene rings is 1. The van der Waals surface area contributed by atoms with Gasteiger partial charge in [-0.05, 0) is 24.3 Å². The first kappa shape index (κ1) is 20.8. The number of rotatable bonds is 4. The van der Waals surface area contributed by atoms with E-state index in [2.05, 4.69) is 14.7 Å². The Kier molecular flexibility index (Phi) is 5.64. The zero-order valence-electron chi connectivity index (χ0n) is 15.3. The molecule has 0 spiro atoms. The molecule has 29 heavy (non-hydrogen) atoms. The Morgan fingerprint density at radius 2 is 1.62 bits per heavy atom. The predicted octanol–water partition coefficient (Wildman–Crippen LogP) is 1.96. The van der Waals surface area contributed by atoms with Gasteiger partial charge in [0, 0.05) is 45.5 Å². The van der Waals surface area contributed by atoms with Crippen LogP contribution in [0.15, 0.2) is 41.6 Å². The molecule has 0 atom stereocenters. The van der Waals surface area contributed by atoms with Crippen LogP contribution in [0.2, 0.25) is 0 Å². The van der Waals surface area contributed by atoms with E-state index in [0.717, 1.165) is 12.1 Å². The first-order chi connectivity index (χ1) is 13.6. The molecule has 1 amide bonds. The van der Waals surface area contributed by atoms with Crippen molar-refractivity contribution < 1.29 is 26.4 Å². The summed E-state index contributed by atoms with van der Waals surface area (Å²) in [5, 5.41) is 0. The number of hydrogen-bond donors (Lipinski definition) is 1. The second kappa shape index (κ2) is 7.85. The van der Waals surface area contributed by atoms with Crippen molar-refractivity contribution in [1.82, 2.24) is 14.9 Å². The number of alkyl halides is 3. The normalized spacial score (nSPS) is 15.3. The lowest BCUT2D eigenvalue weighted by Gasteiger charge is -2.35. The lowest BCUT2D eigenvalue weighted by Crippen LogP contribution is -2.48. The molecule has 1 aliphatic rings. The minimum absolute atomic E-state index is 0.0383. The fourth-order valence-corrected chi connectivity index (χ4v) is 3.89. The maximum atomic E-state index is 12.7. The van der Waals surface area contributed by atoms with Crippen LogP contribution >= 0.6 is 0 Å². The summed E-state index contributed by atoms with van der Waals surface area (Å²) in [7, 11) is -4.17. The van der Waals surface area contributed by atoms with Gasteiger partial charge in [0.15, 0.2) is 11.6 Å². The topological polar surface area (TPSA) is 95.5 Å². The van der Waals surface area contributed by atoms with Gasteiger partial charge >= 0.3 is 6.18 Å². The van der Waals surface area contributed by atoms with Gasteiger partial charge in [-0.25, -0.2) is 18.4 Å². The summed E-state index contributed by atoms with van der Waals surface area (Å²) in [4.78, 5) is 22.8. The number of aromatic nitrogens is 2. The van der Waals surface area contributed by atoms with E-state index in [-0.39, 0.29) is 22.4 Å². The van der Waals surface area contributed by atoms with Crippen molar-refractivity contribution in [2.24, 2.45) is 0 Å². The molecule has 12 heteroatoms. The van der Waals surface area contributed by atoms with Gasteiger partial charge in [-0.1, -0.05) is 0 Å². The minimum atomic E-state index is -4.56. The highest BCUT2D eigenvalue weighted by molar-refractivity contribution is 7.92. The van der Waals surface area contributed by atoms with Crippen molar-refractivity contribution in [3.05, 3.63) is 42.2 Å². The summed E-state index contributed by atoms with van der Waals surface area (Å²) in [6, 6.07) is 3.17. The average molecular weight is 429 g/mol. The Balaban J connectivity index is 1.81. The van der Waals surface area contributed by atoms with E-state index >= 15 is 0 Å². The lowest BCUT2D eigenvalue weighted by molar-refractivity contribution is -0.137. The number of piperazine rings is 1. The van der Waals surface area contributed by atoms with E-state index in [0.29, 0.717) is 38.3 Å². The van der Waals surface area contributed by atoms with Crippen molar-refractivity contribution in [3.8, 4) is 0 Å². The van der Waals surface area contributed by atoms with Crippen LogP contribution in [0.3, 0.4) is 0 Å². The van der Waals surface area contributed by atoms with Crippen molar-refractivity contribution in [3.63, 3.8) is 0 Å². The molecule has 0 radical (unpaired) electrons. The highest BCUT2D eigenvalue weighted by atomic mass is 32.2. The largest absolute Gasteiger partial charge is 0.416 e. The molecule has 1 aromatic carbocycles. The molecule has 0 aliphatic carbocycles. The molecule has 1 fully saturated rings. The SMILES string of the molecule is CC(=O)N1CCN(c2nccnc2NS(=O)(=O)c2ccc(C(F)(F)F)cc2)CC1. The second-order valence-electron chi connectivity index (χ2n) is 6.35. The van der Waals surface area contributed by atoms with Gasteiger partial charge in [0.05, 0.1) is 10.5 Å². The monoisotopic (exact) mass is 429 g/mol. The molecule has 0 bridgehead atoms. The predicted molar refractivity (Wildman–Crippen MR) is 98.8 cm³/mol. The number of nitrogens with zero attached hydrogens (tertiary/aromatic N) is 4. The third kappa shape index (κ3) is 4.75. The Morgan fingerprint density at radius 1 is 1.03 bits per heavy atom. The number of anilines is 2. The molecule has 1 saturated heterocycles. The molecule has 8 nitrogen and oxygen atoms in total. The number of nitrogens with one attached hydrogen (secondary N) is 1. The average Bonchev–Trinajstić information content (AvgIpc) is 2.68. The Bertz CT molecular complexity index is 988. The molecule has 0 unspecified atom stereocenters. The molecule has 156 valence electrons. The third-order valence-electron chi connectivity index (χ3n) is 4.43. The molecule has 2 aromatic rings. The zero-order chi connectivity index (χ0) is 21.2. The molecule has 1 aromatic heterocycles. The van der Waals surface area contributed by atoms with Crippen molar-refractivity contribution in [1.29, 1.82) is 0 Å². The molecular formula is C17H18F3N5O3S. The zero-order valence-corrected chi connectivity index (χ0v) is 16.2. The van der Waals surface area contributed by atoms with Crippen molar-refractivity contribution in [2.45, 2.75) is 18.0 Å². The summed E-state index contributed by atoms with van der Waals surface area (Å²) >= 11 is 0. The van der Waals surface area contributed by atoms with Gasteiger partial charge in [0.25, 0.3) is 10.0 Å². The van der Waals surface area contributed by atoms with E-state index < -0.39 is 21.8 Å². The lowest BCUT2D eigenvalue weighted by atomic mass is 10.2. The van der Waals surface area contributed by atoms with E-state index in [1.54, 1.807) is 9.80 Å². The molecule has 0 saturated carbocycles. The molecule has 1 aliphatic heterocycles. The van der Waals surface area contributed by atoms with E-state index in [9.17, 15) is 26.4 Å². The van der Waals surface area contributed by atoms with Crippen LogP contribution in [-0.2, 0) is 21.0 Å². The fraction of sp³-hybridized carbons (Fsp3) is 0.353. The van der Waals surface area contributed by atoms with Crippen molar-refractivity contribution in [2.75, 3.05) is 35.8 Å². The Morgan fingerprint density at radius 3 is 2.17 bits per heavy atom. The van der Waals surface area contributed by atoms with Crippen LogP contribution in [0.25, 0.3) is 0 Å². The minimum Gasteiger partial charge on any atom is -0.350 e. The van der Waals surface area contributed by atoms with Crippen LogP contribution in [0.1, 0.15) is 12.5 Å². The maximum absolute atomic E-state index is 12.7. The highest BCUT2D eigenvalue weighted by Gasteiger charge is 2.31. The molecule has 1 N–H and O–H groups in total. The van der Waals surface area contributed by atoms with E-state index in [1.807, 2.05) is 0 Å². The summed E-state index contributed by atoms with van der Waals surface area (Å²) in [5.41, 5.74) is -0.944.